The Balaban J connectivity index is 1.92. The Labute approximate surface area is 166 Å². The molecule has 2 rings (SSSR count). The van der Waals surface area contributed by atoms with Crippen LogP contribution in [0.1, 0.15) is 24.2 Å². The fourth-order valence-electron chi connectivity index (χ4n) is 2.32. The third-order valence-corrected chi connectivity index (χ3v) is 4.57. The Bertz CT molecular complexity index is 777. The smallest absolute Gasteiger partial charge is 0.262 e. The number of carbonyl (C=O) groups is 2. The Morgan fingerprint density at radius 3 is 2.35 bits per heavy atom. The number of nitrogens with zero attached hydrogens (tertiary/aromatic N) is 1. The molecule has 7 heteroatoms. The summed E-state index contributed by atoms with van der Waals surface area (Å²) in [6, 6.07) is 11.9. The molecule has 2 amide bonds. The zero-order chi connectivity index (χ0) is 19.1. The highest BCUT2D eigenvalue weighted by molar-refractivity contribution is 9.10. The summed E-state index contributed by atoms with van der Waals surface area (Å²) in [6.45, 7) is 5.06. The molecular formula is C19H20BrClN2O3. The zero-order valence-corrected chi connectivity index (χ0v) is 16.9. The van der Waals surface area contributed by atoms with Gasteiger partial charge in [-0.15, -0.1) is 0 Å². The summed E-state index contributed by atoms with van der Waals surface area (Å²) in [7, 11) is 0. The van der Waals surface area contributed by atoms with Gasteiger partial charge in [0.1, 0.15) is 5.75 Å². The third kappa shape index (κ3) is 5.47. The van der Waals surface area contributed by atoms with Gasteiger partial charge in [0.15, 0.2) is 6.61 Å². The van der Waals surface area contributed by atoms with Crippen molar-refractivity contribution in [1.29, 1.82) is 0 Å². The first-order valence-electron chi connectivity index (χ1n) is 8.21. The molecule has 0 aliphatic rings. The van der Waals surface area contributed by atoms with E-state index in [1.54, 1.807) is 47.4 Å². The maximum atomic E-state index is 12.3. The topological polar surface area (TPSA) is 58.6 Å². The predicted molar refractivity (Wildman–Crippen MR) is 107 cm³/mol. The second-order valence-electron chi connectivity index (χ2n) is 5.47. The lowest BCUT2D eigenvalue weighted by Crippen LogP contribution is -2.30. The Morgan fingerprint density at radius 2 is 1.77 bits per heavy atom. The molecule has 0 radical (unpaired) electrons. The predicted octanol–water partition coefficient (Wildman–Crippen LogP) is 4.60. The number of nitrogens with one attached hydrogen (secondary N) is 1. The van der Waals surface area contributed by atoms with Gasteiger partial charge >= 0.3 is 0 Å². The maximum Gasteiger partial charge on any atom is 0.262 e. The number of hydrogen-bond donors (Lipinski definition) is 1. The third-order valence-electron chi connectivity index (χ3n) is 3.72. The van der Waals surface area contributed by atoms with Crippen LogP contribution in [0.2, 0.25) is 5.02 Å². The van der Waals surface area contributed by atoms with E-state index < -0.39 is 0 Å². The molecule has 0 aliphatic heterocycles. The van der Waals surface area contributed by atoms with Gasteiger partial charge in [0, 0.05) is 29.4 Å². The van der Waals surface area contributed by atoms with E-state index in [-0.39, 0.29) is 18.4 Å². The molecule has 0 aliphatic carbocycles. The molecule has 1 N–H and O–H groups in total. The van der Waals surface area contributed by atoms with Gasteiger partial charge in [0.25, 0.3) is 11.8 Å². The molecule has 0 aromatic heterocycles. The summed E-state index contributed by atoms with van der Waals surface area (Å²) in [5.41, 5.74) is 1.19. The minimum atomic E-state index is -0.297. The SMILES string of the molecule is CCN(CC)C(=O)c1ccc(NC(=O)COc2ccc(Cl)cc2Br)cc1. The number of rotatable bonds is 7. The monoisotopic (exact) mass is 438 g/mol. The summed E-state index contributed by atoms with van der Waals surface area (Å²) in [6.07, 6.45) is 0. The second-order valence-corrected chi connectivity index (χ2v) is 6.76. The molecule has 0 heterocycles. The summed E-state index contributed by atoms with van der Waals surface area (Å²) in [4.78, 5) is 26.0. The van der Waals surface area contributed by atoms with Crippen LogP contribution >= 0.6 is 27.5 Å². The maximum absolute atomic E-state index is 12.3. The Hall–Kier alpha value is -2.05. The molecule has 0 bridgehead atoms. The molecule has 2 aromatic carbocycles. The van der Waals surface area contributed by atoms with Gasteiger partial charge in [-0.1, -0.05) is 11.6 Å². The number of carbonyl (C=O) groups excluding carboxylic acids is 2. The van der Waals surface area contributed by atoms with Crippen molar-refractivity contribution in [2.45, 2.75) is 13.8 Å². The first-order chi connectivity index (χ1) is 12.4. The van der Waals surface area contributed by atoms with Crippen molar-refractivity contribution in [2.24, 2.45) is 0 Å². The fraction of sp³-hybridized carbons (Fsp3) is 0.263. The van der Waals surface area contributed by atoms with Gasteiger partial charge in [-0.05, 0) is 72.2 Å². The normalized spacial score (nSPS) is 10.3. The van der Waals surface area contributed by atoms with Crippen LogP contribution in [0.5, 0.6) is 5.75 Å². The number of anilines is 1. The standard InChI is InChI=1S/C19H20BrClN2O3/c1-3-23(4-2)19(25)13-5-8-15(9-6-13)22-18(24)12-26-17-10-7-14(21)11-16(17)20/h5-11H,3-4,12H2,1-2H3,(H,22,24). The summed E-state index contributed by atoms with van der Waals surface area (Å²) >= 11 is 9.20. The van der Waals surface area contributed by atoms with Crippen LogP contribution in [0.3, 0.4) is 0 Å². The average molecular weight is 440 g/mol. The van der Waals surface area contributed by atoms with Crippen molar-refractivity contribution in [3.8, 4) is 5.75 Å². The lowest BCUT2D eigenvalue weighted by molar-refractivity contribution is -0.118. The molecule has 0 unspecified atom stereocenters. The molecule has 2 aromatic rings. The van der Waals surface area contributed by atoms with Gasteiger partial charge < -0.3 is 15.0 Å². The van der Waals surface area contributed by atoms with Crippen LogP contribution < -0.4 is 10.1 Å². The summed E-state index contributed by atoms with van der Waals surface area (Å²) < 4.78 is 6.15. The van der Waals surface area contributed by atoms with Crippen LogP contribution in [-0.2, 0) is 4.79 Å². The van der Waals surface area contributed by atoms with Gasteiger partial charge in [-0.25, -0.2) is 0 Å². The molecule has 138 valence electrons. The molecule has 0 saturated heterocycles. The molecule has 26 heavy (non-hydrogen) atoms. The Morgan fingerprint density at radius 1 is 1.12 bits per heavy atom. The van der Waals surface area contributed by atoms with Gasteiger partial charge in [-0.3, -0.25) is 9.59 Å². The van der Waals surface area contributed by atoms with Crippen LogP contribution in [0.15, 0.2) is 46.9 Å². The number of amides is 2. The van der Waals surface area contributed by atoms with Crippen LogP contribution in [0, 0.1) is 0 Å². The van der Waals surface area contributed by atoms with E-state index in [0.29, 0.717) is 39.6 Å². The minimum absolute atomic E-state index is 0.0243. The highest BCUT2D eigenvalue weighted by atomic mass is 79.9. The van der Waals surface area contributed by atoms with Crippen molar-refractivity contribution in [2.75, 3.05) is 25.0 Å². The van der Waals surface area contributed by atoms with Crippen molar-refractivity contribution in [3.05, 3.63) is 57.5 Å². The van der Waals surface area contributed by atoms with E-state index in [1.807, 2.05) is 13.8 Å². The van der Waals surface area contributed by atoms with E-state index in [9.17, 15) is 9.59 Å². The second kappa shape index (κ2) is 9.59. The lowest BCUT2D eigenvalue weighted by Gasteiger charge is -2.18. The summed E-state index contributed by atoms with van der Waals surface area (Å²) in [5, 5.41) is 3.31. The molecule has 0 spiro atoms. The highest BCUT2D eigenvalue weighted by Gasteiger charge is 2.12. The van der Waals surface area contributed by atoms with E-state index in [1.165, 1.54) is 0 Å². The first kappa shape index (κ1) is 20.3. The molecule has 0 fully saturated rings. The minimum Gasteiger partial charge on any atom is -0.483 e. The lowest BCUT2D eigenvalue weighted by atomic mass is 10.2. The number of halogens is 2. The highest BCUT2D eigenvalue weighted by Crippen LogP contribution is 2.27. The van der Waals surface area contributed by atoms with E-state index >= 15 is 0 Å². The van der Waals surface area contributed by atoms with Crippen molar-refractivity contribution >= 4 is 45.0 Å². The fourth-order valence-corrected chi connectivity index (χ4v) is 3.12. The van der Waals surface area contributed by atoms with Crippen molar-refractivity contribution in [1.82, 2.24) is 4.90 Å². The van der Waals surface area contributed by atoms with Gasteiger partial charge in [0.2, 0.25) is 0 Å². The van der Waals surface area contributed by atoms with E-state index in [0.717, 1.165) is 0 Å². The van der Waals surface area contributed by atoms with Crippen LogP contribution in [0.25, 0.3) is 0 Å². The number of ether oxygens (including phenoxy) is 1. The van der Waals surface area contributed by atoms with Crippen molar-refractivity contribution in [3.63, 3.8) is 0 Å². The summed E-state index contributed by atoms with van der Waals surface area (Å²) in [5.74, 6) is 0.211. The van der Waals surface area contributed by atoms with E-state index in [2.05, 4.69) is 21.2 Å². The average Bonchev–Trinajstić information content (AvgIpc) is 2.62. The Kier molecular flexibility index (Phi) is 7.48. The van der Waals surface area contributed by atoms with Gasteiger partial charge in [-0.2, -0.15) is 0 Å². The van der Waals surface area contributed by atoms with Crippen LogP contribution in [0.4, 0.5) is 5.69 Å². The van der Waals surface area contributed by atoms with Crippen molar-refractivity contribution < 1.29 is 14.3 Å². The molecule has 5 nitrogen and oxygen atoms in total. The molecular weight excluding hydrogens is 420 g/mol. The number of hydrogen-bond acceptors (Lipinski definition) is 3. The zero-order valence-electron chi connectivity index (χ0n) is 14.6. The largest absolute Gasteiger partial charge is 0.483 e. The molecule has 0 saturated carbocycles. The van der Waals surface area contributed by atoms with Crippen LogP contribution in [-0.4, -0.2) is 36.4 Å². The first-order valence-corrected chi connectivity index (χ1v) is 9.38. The van der Waals surface area contributed by atoms with Gasteiger partial charge in [0.05, 0.1) is 4.47 Å². The number of benzene rings is 2. The quantitative estimate of drug-likeness (QED) is 0.686. The molecule has 0 atom stereocenters. The van der Waals surface area contributed by atoms with E-state index in [4.69, 9.17) is 16.3 Å².